The van der Waals surface area contributed by atoms with Gasteiger partial charge in [0.05, 0.1) is 44.6 Å². The molecule has 4 rings (SSSR count). The third-order valence-corrected chi connectivity index (χ3v) is 5.04. The van der Waals surface area contributed by atoms with Crippen LogP contribution in [0.25, 0.3) is 0 Å². The molecule has 2 aromatic rings. The molecule has 0 bridgehead atoms. The summed E-state index contributed by atoms with van der Waals surface area (Å²) in [7, 11) is 0. The molecule has 2 aliphatic heterocycles. The number of fused-ring (bicyclic) bond motifs is 1. The molecule has 1 N–H and O–H groups in total. The fourth-order valence-corrected chi connectivity index (χ4v) is 3.72. The van der Waals surface area contributed by atoms with Crippen LogP contribution < -0.4 is 20.3 Å². The molecule has 1 aromatic carbocycles. The van der Waals surface area contributed by atoms with Crippen LogP contribution in [0, 0.1) is 11.6 Å². The van der Waals surface area contributed by atoms with Crippen molar-refractivity contribution in [3.8, 4) is 0 Å². The minimum atomic E-state index is -4.67. The number of morpholine rings is 1. The number of halogens is 5. The topological polar surface area (TPSA) is 51.9 Å². The van der Waals surface area contributed by atoms with E-state index in [1.165, 1.54) is 6.07 Å². The van der Waals surface area contributed by atoms with Crippen LogP contribution in [-0.4, -0.2) is 43.1 Å². The van der Waals surface area contributed by atoms with Crippen molar-refractivity contribution in [2.75, 3.05) is 36.1 Å². The lowest BCUT2D eigenvalue weighted by atomic mass is 10.1. The highest BCUT2D eigenvalue weighted by Gasteiger charge is 2.51. The molecular weight excluding hydrogens is 399 g/mol. The molecule has 3 heterocycles. The van der Waals surface area contributed by atoms with Crippen molar-refractivity contribution in [1.29, 1.82) is 0 Å². The number of benzene rings is 1. The van der Waals surface area contributed by atoms with Crippen molar-refractivity contribution in [2.24, 2.45) is 0 Å². The van der Waals surface area contributed by atoms with Crippen molar-refractivity contribution in [2.45, 2.75) is 25.2 Å². The summed E-state index contributed by atoms with van der Waals surface area (Å²) in [5, 5.41) is 0. The average Bonchev–Trinajstić information content (AvgIpc) is 2.66. The predicted molar refractivity (Wildman–Crippen MR) is 93.2 cm³/mol. The summed E-state index contributed by atoms with van der Waals surface area (Å²) < 4.78 is 75.3. The largest absolute Gasteiger partial charge is 0.419 e. The van der Waals surface area contributed by atoms with Gasteiger partial charge in [-0.1, -0.05) is 0 Å². The van der Waals surface area contributed by atoms with Gasteiger partial charge in [0.2, 0.25) is 5.82 Å². The van der Waals surface area contributed by atoms with Crippen LogP contribution in [0.2, 0.25) is 0 Å². The first kappa shape index (κ1) is 19.6. The fourth-order valence-electron chi connectivity index (χ4n) is 3.72. The van der Waals surface area contributed by atoms with Gasteiger partial charge in [0, 0.05) is 24.6 Å². The maximum Gasteiger partial charge on any atom is 0.419 e. The number of aromatic nitrogens is 2. The molecular formula is C18H18F5N4O2+. The monoisotopic (exact) mass is 417 g/mol. The van der Waals surface area contributed by atoms with E-state index in [1.54, 1.807) is 4.90 Å². The number of alkyl halides is 3. The number of ether oxygens (including phenoxy) is 1. The normalized spacial score (nSPS) is 20.0. The fraction of sp³-hybridized carbons (Fsp3) is 0.444. The maximum absolute atomic E-state index is 13.8. The van der Waals surface area contributed by atoms with Gasteiger partial charge in [-0.15, -0.1) is 0 Å². The zero-order valence-electron chi connectivity index (χ0n) is 15.2. The van der Waals surface area contributed by atoms with E-state index >= 15 is 0 Å². The first-order valence-electron chi connectivity index (χ1n) is 9.06. The van der Waals surface area contributed by atoms with E-state index in [0.29, 0.717) is 38.2 Å². The zero-order valence-corrected chi connectivity index (χ0v) is 15.2. The highest BCUT2D eigenvalue weighted by molar-refractivity contribution is 5.59. The van der Waals surface area contributed by atoms with Crippen LogP contribution in [0.1, 0.15) is 6.42 Å². The predicted octanol–water partition coefficient (Wildman–Crippen LogP) is 2.25. The van der Waals surface area contributed by atoms with Crippen LogP contribution in [-0.2, 0) is 11.3 Å². The van der Waals surface area contributed by atoms with E-state index in [9.17, 15) is 26.7 Å². The first-order valence-corrected chi connectivity index (χ1v) is 9.06. The minimum absolute atomic E-state index is 0.169. The van der Waals surface area contributed by atoms with Gasteiger partial charge in [0.15, 0.2) is 6.04 Å². The lowest BCUT2D eigenvalue weighted by Crippen LogP contribution is -2.53. The van der Waals surface area contributed by atoms with Gasteiger partial charge in [-0.25, -0.2) is 23.2 Å². The highest BCUT2D eigenvalue weighted by atomic mass is 19.4. The summed E-state index contributed by atoms with van der Waals surface area (Å²) >= 11 is 0. The van der Waals surface area contributed by atoms with E-state index in [2.05, 4.69) is 4.98 Å². The molecule has 0 unspecified atom stereocenters. The Balaban J connectivity index is 1.88. The lowest BCUT2D eigenvalue weighted by molar-refractivity contribution is -0.360. The molecule has 2 aliphatic rings. The minimum Gasteiger partial charge on any atom is -0.376 e. The number of nitrogens with zero attached hydrogens (tertiary/aromatic N) is 3. The van der Waals surface area contributed by atoms with E-state index in [-0.39, 0.29) is 18.2 Å². The first-order chi connectivity index (χ1) is 13.7. The molecule has 1 fully saturated rings. The van der Waals surface area contributed by atoms with E-state index in [0.717, 1.165) is 21.6 Å². The Morgan fingerprint density at radius 1 is 1.00 bits per heavy atom. The third kappa shape index (κ3) is 3.78. The second-order valence-corrected chi connectivity index (χ2v) is 6.91. The van der Waals surface area contributed by atoms with E-state index in [4.69, 9.17) is 4.74 Å². The molecule has 156 valence electrons. The third-order valence-electron chi connectivity index (χ3n) is 5.04. The number of hydrogen-bond donors (Lipinski definition) is 0. The number of aromatic amines is 1. The van der Waals surface area contributed by atoms with Crippen LogP contribution >= 0.6 is 0 Å². The highest BCUT2D eigenvalue weighted by Crippen LogP contribution is 2.38. The van der Waals surface area contributed by atoms with Crippen molar-refractivity contribution >= 4 is 17.5 Å². The molecule has 1 saturated heterocycles. The average molecular weight is 417 g/mol. The van der Waals surface area contributed by atoms with E-state index in [1.807, 2.05) is 0 Å². The Morgan fingerprint density at radius 3 is 2.28 bits per heavy atom. The second kappa shape index (κ2) is 7.29. The second-order valence-electron chi connectivity index (χ2n) is 6.91. The zero-order chi connectivity index (χ0) is 20.8. The van der Waals surface area contributed by atoms with Gasteiger partial charge in [-0.3, -0.25) is 4.79 Å². The Hall–Kier alpha value is -2.69. The number of H-pyrrole nitrogens is 1. The van der Waals surface area contributed by atoms with Gasteiger partial charge >= 0.3 is 17.7 Å². The standard InChI is InChI=1S/C18H17F5N4O2/c19-11-7-12(20)9-13(8-11)27-14(18(21,22)23)1-2-26-16(28)10-15(24-17(26)27)25-3-5-29-6-4-25/h7-10,14H,1-6H2/p+1/t14-/m0/s1. The molecule has 0 amide bonds. The summed E-state index contributed by atoms with van der Waals surface area (Å²) in [6, 6.07) is 1.48. The van der Waals surface area contributed by atoms with Gasteiger partial charge < -0.3 is 9.64 Å². The number of rotatable bonds is 2. The molecule has 1 aromatic heterocycles. The van der Waals surface area contributed by atoms with Gasteiger partial charge in [-0.05, 0) is 0 Å². The van der Waals surface area contributed by atoms with Gasteiger partial charge in [0.1, 0.15) is 11.6 Å². The molecule has 6 nitrogen and oxygen atoms in total. The van der Waals surface area contributed by atoms with Gasteiger partial charge in [0.25, 0.3) is 0 Å². The number of hydrogen-bond acceptors (Lipinski definition) is 4. The summed E-state index contributed by atoms with van der Waals surface area (Å²) in [4.78, 5) is 18.0. The van der Waals surface area contributed by atoms with Crippen LogP contribution in [0.5, 0.6) is 0 Å². The maximum atomic E-state index is 13.8. The number of anilines is 3. The Bertz CT molecular complexity index is 951. The molecule has 0 radical (unpaired) electrons. The van der Waals surface area contributed by atoms with Crippen molar-refractivity contribution in [1.82, 2.24) is 4.57 Å². The molecule has 0 saturated carbocycles. The smallest absolute Gasteiger partial charge is 0.376 e. The molecule has 11 heteroatoms. The quantitative estimate of drug-likeness (QED) is 0.704. The molecule has 0 spiro atoms. The summed E-state index contributed by atoms with van der Waals surface area (Å²) in [6.45, 7) is 1.56. The summed E-state index contributed by atoms with van der Waals surface area (Å²) in [6.07, 6.45) is -5.10. The molecule has 1 atom stereocenters. The Kier molecular flexibility index (Phi) is 4.93. The summed E-state index contributed by atoms with van der Waals surface area (Å²) in [5.41, 5.74) is -0.823. The summed E-state index contributed by atoms with van der Waals surface area (Å²) in [5.74, 6) is -1.86. The Morgan fingerprint density at radius 2 is 1.66 bits per heavy atom. The van der Waals surface area contributed by atoms with Crippen molar-refractivity contribution in [3.63, 3.8) is 0 Å². The molecule has 0 aliphatic carbocycles. The van der Waals surface area contributed by atoms with Gasteiger partial charge in [-0.2, -0.15) is 13.2 Å². The van der Waals surface area contributed by atoms with Crippen LogP contribution in [0.15, 0.2) is 29.1 Å². The van der Waals surface area contributed by atoms with Crippen LogP contribution in [0.3, 0.4) is 0 Å². The van der Waals surface area contributed by atoms with E-state index < -0.39 is 35.8 Å². The number of nitrogens with one attached hydrogen (secondary N) is 1. The Labute approximate surface area is 162 Å². The molecule has 29 heavy (non-hydrogen) atoms. The van der Waals surface area contributed by atoms with Crippen molar-refractivity contribution < 1.29 is 31.7 Å². The SMILES string of the molecule is O=c1cc(N2CCOCC2)[nH+]c2n1CC[C@@H](C(F)(F)F)N2c1cc(F)cc(F)c1. The van der Waals surface area contributed by atoms with Crippen LogP contribution in [0.4, 0.5) is 39.4 Å². The van der Waals surface area contributed by atoms with Crippen molar-refractivity contribution in [3.05, 3.63) is 46.3 Å². The lowest BCUT2D eigenvalue weighted by Gasteiger charge is -2.35.